The largest absolute Gasteiger partial charge is 0.278 e. The summed E-state index contributed by atoms with van der Waals surface area (Å²) in [6.45, 7) is 0. The van der Waals surface area contributed by atoms with E-state index in [0.717, 1.165) is 44.1 Å². The van der Waals surface area contributed by atoms with Gasteiger partial charge in [0.2, 0.25) is 5.95 Å². The van der Waals surface area contributed by atoms with E-state index in [1.54, 1.807) is 0 Å². The Morgan fingerprint density at radius 3 is 1.28 bits per heavy atom. The molecule has 2 aromatic heterocycles. The molecule has 14 rings (SSSR count). The summed E-state index contributed by atoms with van der Waals surface area (Å²) < 4.78 is 2.16. The fourth-order valence-electron chi connectivity index (χ4n) is 10.7. The van der Waals surface area contributed by atoms with Crippen LogP contribution < -0.4 is 0 Å². The Morgan fingerprint density at radius 2 is 0.692 bits per heavy atom. The van der Waals surface area contributed by atoms with Gasteiger partial charge in [-0.25, -0.2) is 4.98 Å². The van der Waals surface area contributed by atoms with Crippen LogP contribution in [0.1, 0.15) is 0 Å². The van der Waals surface area contributed by atoms with E-state index in [0.29, 0.717) is 17.6 Å². The number of hydrogen-bond acceptors (Lipinski definition) is 3. The maximum atomic E-state index is 5.21. The van der Waals surface area contributed by atoms with Crippen LogP contribution in [0.4, 0.5) is 0 Å². The fraction of sp³-hybridized carbons (Fsp3) is 0. The topological polar surface area (TPSA) is 43.6 Å². The summed E-state index contributed by atoms with van der Waals surface area (Å²) >= 11 is 0. The first-order valence-electron chi connectivity index (χ1n) is 22.2. The van der Waals surface area contributed by atoms with Crippen molar-refractivity contribution >= 4 is 86.4 Å². The minimum absolute atomic E-state index is 0.586. The highest BCUT2D eigenvalue weighted by Crippen LogP contribution is 2.45. The number of nitrogens with zero attached hydrogens (tertiary/aromatic N) is 4. The van der Waals surface area contributed by atoms with Gasteiger partial charge in [0.05, 0.1) is 11.0 Å². The smallest absolute Gasteiger partial charge is 0.238 e. The van der Waals surface area contributed by atoms with Crippen LogP contribution in [0.15, 0.2) is 218 Å². The molecule has 4 nitrogen and oxygen atoms in total. The Hall–Kier alpha value is -8.73. The molecular weight excluding hydrogens is 789 g/mol. The highest BCUT2D eigenvalue weighted by atomic mass is 15.2. The monoisotopic (exact) mass is 824 g/mol. The molecule has 12 aromatic carbocycles. The molecule has 0 bridgehead atoms. The van der Waals surface area contributed by atoms with Gasteiger partial charge in [0.25, 0.3) is 0 Å². The van der Waals surface area contributed by atoms with Crippen molar-refractivity contribution in [1.82, 2.24) is 19.5 Å². The lowest BCUT2D eigenvalue weighted by Gasteiger charge is -2.18. The number of hydrogen-bond donors (Lipinski definition) is 0. The number of rotatable bonds is 5. The van der Waals surface area contributed by atoms with Gasteiger partial charge in [-0.2, -0.15) is 9.97 Å². The van der Waals surface area contributed by atoms with E-state index < -0.39 is 0 Å². The third-order valence-corrected chi connectivity index (χ3v) is 13.6. The molecular formula is C61H36N4. The van der Waals surface area contributed by atoms with Gasteiger partial charge in [0.15, 0.2) is 11.6 Å². The second-order valence-electron chi connectivity index (χ2n) is 17.1. The Bertz CT molecular complexity index is 4170. The lowest BCUT2D eigenvalue weighted by molar-refractivity contribution is 0.953. The molecule has 14 aromatic rings. The van der Waals surface area contributed by atoms with E-state index in [-0.39, 0.29) is 0 Å². The number of aromatic nitrogens is 4. The molecule has 2 heterocycles. The van der Waals surface area contributed by atoms with Gasteiger partial charge in [0, 0.05) is 21.9 Å². The lowest BCUT2D eigenvalue weighted by Crippen LogP contribution is -2.06. The predicted octanol–water partition coefficient (Wildman–Crippen LogP) is 16.0. The number of para-hydroxylation sites is 2. The lowest BCUT2D eigenvalue weighted by atomic mass is 9.85. The van der Waals surface area contributed by atoms with Crippen molar-refractivity contribution < 1.29 is 0 Å². The molecule has 0 aliphatic heterocycles. The van der Waals surface area contributed by atoms with Crippen LogP contribution in [-0.2, 0) is 0 Å². The molecule has 4 heteroatoms. The van der Waals surface area contributed by atoms with Crippen molar-refractivity contribution in [2.24, 2.45) is 0 Å². The molecule has 0 radical (unpaired) electrons. The summed E-state index contributed by atoms with van der Waals surface area (Å²) in [6, 6.07) is 79.0. The quantitative estimate of drug-likeness (QED) is 0.162. The molecule has 0 saturated carbocycles. The average molecular weight is 825 g/mol. The van der Waals surface area contributed by atoms with Crippen molar-refractivity contribution in [3.63, 3.8) is 0 Å². The van der Waals surface area contributed by atoms with Crippen molar-refractivity contribution in [1.29, 1.82) is 0 Å². The molecule has 0 spiro atoms. The Kier molecular flexibility index (Phi) is 7.65. The van der Waals surface area contributed by atoms with E-state index >= 15 is 0 Å². The standard InChI is InChI=1S/C61H36N4/c1-2-13-41(14-3-1)59-62-60(64-61(63-59)65-53-25-8-6-20-47(53)48-21-7-9-26-54(48)65)42-32-27-37(28-33-42)45-18-4-5-19-46(45)44-35-43-34-31-40-16-11-23-50-49-22-10-15-38-29-30-39-17-12-24-51(57(39)55(38)49)52(36-44)58(43)56(40)50/h1-36H. The normalized spacial score (nSPS) is 12.0. The van der Waals surface area contributed by atoms with Gasteiger partial charge in [-0.1, -0.05) is 194 Å². The first kappa shape index (κ1) is 35.8. The van der Waals surface area contributed by atoms with Gasteiger partial charge in [-0.3, -0.25) is 4.57 Å². The van der Waals surface area contributed by atoms with Crippen molar-refractivity contribution in [3.8, 4) is 51.0 Å². The first-order chi connectivity index (χ1) is 32.2. The molecule has 0 N–H and O–H groups in total. The van der Waals surface area contributed by atoms with E-state index in [2.05, 4.69) is 205 Å². The number of fused-ring (bicyclic) bond motifs is 5. The van der Waals surface area contributed by atoms with Crippen LogP contribution in [0.3, 0.4) is 0 Å². The molecule has 0 atom stereocenters. The summed E-state index contributed by atoms with van der Waals surface area (Å²) in [4.78, 5) is 15.4. The van der Waals surface area contributed by atoms with Gasteiger partial charge in [0.1, 0.15) is 0 Å². The van der Waals surface area contributed by atoms with Crippen LogP contribution >= 0.6 is 0 Å². The van der Waals surface area contributed by atoms with Crippen LogP contribution in [0.2, 0.25) is 0 Å². The van der Waals surface area contributed by atoms with Crippen LogP contribution in [0.5, 0.6) is 0 Å². The van der Waals surface area contributed by atoms with Gasteiger partial charge in [-0.15, -0.1) is 0 Å². The fourth-order valence-corrected chi connectivity index (χ4v) is 10.7. The van der Waals surface area contributed by atoms with Crippen molar-refractivity contribution in [2.45, 2.75) is 0 Å². The molecule has 0 unspecified atom stereocenters. The highest BCUT2D eigenvalue weighted by molar-refractivity contribution is 6.37. The number of benzene rings is 11. The molecule has 300 valence electrons. The molecule has 65 heavy (non-hydrogen) atoms. The SMILES string of the molecule is c1ccc(-c2nc(-c3ccc(-c4ccccc4-c4cc5ccc6cccc7c8cccc9ccc%10cccc(c(c4)c5c67)c%10c98)cc3)nc(-n3c4ccccc4c4ccccc43)n2)cc1. The molecule has 0 amide bonds. The van der Waals surface area contributed by atoms with Gasteiger partial charge >= 0.3 is 0 Å². The minimum Gasteiger partial charge on any atom is -0.278 e. The van der Waals surface area contributed by atoms with E-state index in [4.69, 9.17) is 15.0 Å². The van der Waals surface area contributed by atoms with Crippen molar-refractivity contribution in [3.05, 3.63) is 218 Å². The van der Waals surface area contributed by atoms with Crippen molar-refractivity contribution in [2.75, 3.05) is 0 Å². The third-order valence-electron chi connectivity index (χ3n) is 13.6. The average Bonchev–Trinajstić information content (AvgIpc) is 3.72. The molecule has 0 fully saturated rings. The second-order valence-corrected chi connectivity index (χ2v) is 17.1. The Labute approximate surface area is 373 Å². The summed E-state index contributed by atoms with van der Waals surface area (Å²) in [5.41, 5.74) is 8.61. The zero-order valence-electron chi connectivity index (χ0n) is 35.1. The maximum Gasteiger partial charge on any atom is 0.238 e. The van der Waals surface area contributed by atoms with Crippen LogP contribution in [0, 0.1) is 0 Å². The highest BCUT2D eigenvalue weighted by Gasteiger charge is 2.20. The predicted molar refractivity (Wildman–Crippen MR) is 272 cm³/mol. The minimum atomic E-state index is 0.586. The summed E-state index contributed by atoms with van der Waals surface area (Å²) in [6.07, 6.45) is 0. The maximum absolute atomic E-state index is 5.21. The molecule has 0 aliphatic rings. The summed E-state index contributed by atoms with van der Waals surface area (Å²) in [5, 5.41) is 17.7. The molecule has 0 saturated heterocycles. The Morgan fingerprint density at radius 1 is 0.262 bits per heavy atom. The first-order valence-corrected chi connectivity index (χ1v) is 22.2. The third kappa shape index (κ3) is 5.41. The Balaban J connectivity index is 0.952. The van der Waals surface area contributed by atoms with Gasteiger partial charge in [-0.05, 0) is 111 Å². The molecule has 0 aliphatic carbocycles. The second kappa shape index (κ2) is 13.9. The van der Waals surface area contributed by atoms with Gasteiger partial charge < -0.3 is 0 Å². The van der Waals surface area contributed by atoms with Crippen LogP contribution in [-0.4, -0.2) is 19.5 Å². The van der Waals surface area contributed by atoms with E-state index in [1.807, 2.05) is 18.2 Å². The zero-order chi connectivity index (χ0) is 42.6. The summed E-state index contributed by atoms with van der Waals surface area (Å²) in [5.74, 6) is 1.83. The van der Waals surface area contributed by atoms with E-state index in [1.165, 1.54) is 75.8 Å². The zero-order valence-corrected chi connectivity index (χ0v) is 35.1. The van der Waals surface area contributed by atoms with Crippen LogP contribution in [0.25, 0.3) is 137 Å². The summed E-state index contributed by atoms with van der Waals surface area (Å²) in [7, 11) is 0. The van der Waals surface area contributed by atoms with E-state index in [9.17, 15) is 0 Å².